The Balaban J connectivity index is 1.81. The van der Waals surface area contributed by atoms with Gasteiger partial charge in [-0.15, -0.1) is 0 Å². The van der Waals surface area contributed by atoms with E-state index in [4.69, 9.17) is 0 Å². The van der Waals surface area contributed by atoms with Gasteiger partial charge in [-0.25, -0.2) is 23.2 Å². The second-order valence-electron chi connectivity index (χ2n) is 8.08. The van der Waals surface area contributed by atoms with E-state index in [1.807, 2.05) is 0 Å². The molecule has 0 aromatic carbocycles. The highest BCUT2D eigenvalue weighted by Gasteiger charge is 2.40. The fraction of sp³-hybridized carbons (Fsp3) is 0.350. The molecule has 5 rings (SSSR count). The van der Waals surface area contributed by atoms with Gasteiger partial charge < -0.3 is 0 Å². The molecule has 35 heavy (non-hydrogen) atoms. The molecule has 1 saturated carbocycles. The van der Waals surface area contributed by atoms with Gasteiger partial charge in [0.05, 0.1) is 11.3 Å². The van der Waals surface area contributed by atoms with Gasteiger partial charge >= 0.3 is 18.0 Å². The van der Waals surface area contributed by atoms with E-state index in [0.717, 1.165) is 27.1 Å². The van der Waals surface area contributed by atoms with E-state index in [2.05, 4.69) is 9.97 Å². The Labute approximate surface area is 192 Å². The van der Waals surface area contributed by atoms with E-state index in [9.17, 15) is 39.6 Å². The van der Waals surface area contributed by atoms with Crippen LogP contribution >= 0.6 is 0 Å². The summed E-state index contributed by atoms with van der Waals surface area (Å²) in [7, 11) is -4.19. The van der Waals surface area contributed by atoms with E-state index in [0.29, 0.717) is 29.7 Å². The van der Waals surface area contributed by atoms with Crippen LogP contribution in [0.5, 0.6) is 0 Å². The maximum Gasteiger partial charge on any atom is 0.431 e. The van der Waals surface area contributed by atoms with Crippen molar-refractivity contribution >= 4 is 21.1 Å². The summed E-state index contributed by atoms with van der Waals surface area (Å²) in [4.78, 5) is 21.0. The van der Waals surface area contributed by atoms with Crippen LogP contribution in [0.1, 0.15) is 37.1 Å². The molecule has 15 heteroatoms. The van der Waals surface area contributed by atoms with Gasteiger partial charge in [0.1, 0.15) is 28.4 Å². The van der Waals surface area contributed by atoms with Gasteiger partial charge in [-0.1, -0.05) is 6.92 Å². The minimum absolute atomic E-state index is 0.150. The Morgan fingerprint density at radius 1 is 0.971 bits per heavy atom. The second kappa shape index (κ2) is 7.32. The van der Waals surface area contributed by atoms with Gasteiger partial charge in [0.2, 0.25) is 0 Å². The van der Waals surface area contributed by atoms with Crippen LogP contribution < -0.4 is 5.69 Å². The lowest BCUT2D eigenvalue weighted by molar-refractivity contribution is -0.144. The molecule has 4 heterocycles. The van der Waals surface area contributed by atoms with Gasteiger partial charge in [0, 0.05) is 24.5 Å². The number of fused-ring (bicyclic) bond motifs is 2. The highest BCUT2D eigenvalue weighted by molar-refractivity contribution is 7.91. The summed E-state index contributed by atoms with van der Waals surface area (Å²) in [6.45, 7) is 1.28. The van der Waals surface area contributed by atoms with Crippen LogP contribution in [0.2, 0.25) is 0 Å². The summed E-state index contributed by atoms with van der Waals surface area (Å²) in [5.74, 6) is -0.496. The first-order valence-corrected chi connectivity index (χ1v) is 11.9. The van der Waals surface area contributed by atoms with Crippen molar-refractivity contribution in [2.75, 3.05) is 5.75 Å². The average molecular weight is 519 g/mol. The van der Waals surface area contributed by atoms with Crippen molar-refractivity contribution < 1.29 is 34.8 Å². The quantitative estimate of drug-likeness (QED) is 0.381. The summed E-state index contributed by atoms with van der Waals surface area (Å²) in [6, 6.07) is 1.75. The van der Waals surface area contributed by atoms with E-state index in [1.54, 1.807) is 0 Å². The van der Waals surface area contributed by atoms with E-state index in [-0.39, 0.29) is 17.0 Å². The van der Waals surface area contributed by atoms with Gasteiger partial charge in [-0.05, 0) is 25.0 Å². The van der Waals surface area contributed by atoms with Crippen molar-refractivity contribution in [2.24, 2.45) is 0 Å². The highest BCUT2D eigenvalue weighted by Crippen LogP contribution is 2.40. The number of nitrogens with zero attached hydrogens (tertiary/aromatic N) is 5. The van der Waals surface area contributed by atoms with Crippen LogP contribution in [-0.2, 0) is 22.2 Å². The number of hydrogen-bond donors (Lipinski definition) is 0. The number of rotatable bonds is 4. The molecule has 0 atom stereocenters. The Morgan fingerprint density at radius 3 is 2.23 bits per heavy atom. The van der Waals surface area contributed by atoms with E-state index < -0.39 is 61.6 Å². The highest BCUT2D eigenvalue weighted by atomic mass is 32.2. The fourth-order valence-corrected chi connectivity index (χ4v) is 5.03. The SMILES string of the molecule is CCS(=O)(=O)c1c(-c2cn3c(=O)n(C4CC4)c(C(F)(F)F)cc3n2)nc2ccc(C(F)(F)F)cn12. The molecule has 4 aromatic rings. The molecule has 0 radical (unpaired) electrons. The molecule has 0 amide bonds. The fourth-order valence-electron chi connectivity index (χ4n) is 3.87. The maximum atomic E-state index is 13.6. The summed E-state index contributed by atoms with van der Waals surface area (Å²) >= 11 is 0. The predicted octanol–water partition coefficient (Wildman–Crippen LogP) is 3.98. The van der Waals surface area contributed by atoms with Crippen molar-refractivity contribution in [1.29, 1.82) is 0 Å². The van der Waals surface area contributed by atoms with Crippen LogP contribution in [0.25, 0.3) is 22.7 Å². The minimum atomic E-state index is -4.84. The summed E-state index contributed by atoms with van der Waals surface area (Å²) in [5.41, 5.74) is -4.53. The molecule has 1 aliphatic carbocycles. The number of aromatic nitrogens is 5. The van der Waals surface area contributed by atoms with Crippen LogP contribution in [0.4, 0.5) is 26.3 Å². The van der Waals surface area contributed by atoms with Crippen molar-refractivity contribution in [3.63, 3.8) is 0 Å². The van der Waals surface area contributed by atoms with Gasteiger partial charge in [0.15, 0.2) is 14.9 Å². The van der Waals surface area contributed by atoms with Gasteiger partial charge in [-0.2, -0.15) is 26.3 Å². The van der Waals surface area contributed by atoms with Gasteiger partial charge in [-0.3, -0.25) is 13.4 Å². The van der Waals surface area contributed by atoms with E-state index >= 15 is 0 Å². The summed E-state index contributed by atoms with van der Waals surface area (Å²) in [6.07, 6.45) is -7.21. The number of hydrogen-bond acceptors (Lipinski definition) is 5. The normalized spacial score (nSPS) is 15.4. The molecule has 1 aliphatic rings. The van der Waals surface area contributed by atoms with E-state index in [1.165, 1.54) is 6.92 Å². The lowest BCUT2D eigenvalue weighted by atomic mass is 10.3. The molecular weight excluding hydrogens is 504 g/mol. The standard InChI is InChI=1S/C20H15F6N5O3S/c1-2-35(33,34)17-16(28-14-6-3-10(8-29(14)17)19(21,22)23)12-9-30-15(27-12)7-13(20(24,25)26)31(18(30)32)11-4-5-11/h3,6-9,11H,2,4-5H2,1H3. The first-order chi connectivity index (χ1) is 16.2. The van der Waals surface area contributed by atoms with Crippen LogP contribution in [-0.4, -0.2) is 37.5 Å². The number of alkyl halides is 6. The monoisotopic (exact) mass is 519 g/mol. The Bertz CT molecular complexity index is 1660. The molecule has 0 bridgehead atoms. The first-order valence-electron chi connectivity index (χ1n) is 10.3. The minimum Gasteiger partial charge on any atom is -0.289 e. The average Bonchev–Trinajstić information content (AvgIpc) is 3.37. The third-order valence-corrected chi connectivity index (χ3v) is 7.43. The summed E-state index contributed by atoms with van der Waals surface area (Å²) < 4.78 is 109. The zero-order valence-corrected chi connectivity index (χ0v) is 18.5. The molecule has 186 valence electrons. The lowest BCUT2D eigenvalue weighted by Crippen LogP contribution is -2.31. The molecule has 4 aromatic heterocycles. The number of sulfone groups is 1. The van der Waals surface area contributed by atoms with Crippen LogP contribution in [0.15, 0.2) is 40.4 Å². The Morgan fingerprint density at radius 2 is 1.66 bits per heavy atom. The van der Waals surface area contributed by atoms with Crippen LogP contribution in [0.3, 0.4) is 0 Å². The second-order valence-corrected chi connectivity index (χ2v) is 10.3. The zero-order valence-electron chi connectivity index (χ0n) is 17.7. The van der Waals surface area contributed by atoms with Crippen LogP contribution in [0, 0.1) is 0 Å². The molecule has 1 fully saturated rings. The third kappa shape index (κ3) is 3.77. The molecular formula is C20H15F6N5O3S. The largest absolute Gasteiger partial charge is 0.431 e. The molecule has 0 spiro atoms. The number of imidazole rings is 2. The first kappa shape index (κ1) is 23.4. The predicted molar refractivity (Wildman–Crippen MR) is 110 cm³/mol. The smallest absolute Gasteiger partial charge is 0.289 e. The number of halogens is 6. The summed E-state index contributed by atoms with van der Waals surface area (Å²) in [5, 5.41) is -0.608. The van der Waals surface area contributed by atoms with Crippen molar-refractivity contribution in [1.82, 2.24) is 23.3 Å². The molecule has 0 saturated heterocycles. The lowest BCUT2D eigenvalue weighted by Gasteiger charge is -2.14. The van der Waals surface area contributed by atoms with Gasteiger partial charge in [0.25, 0.3) is 0 Å². The molecule has 0 unspecified atom stereocenters. The van der Waals surface area contributed by atoms with Crippen molar-refractivity contribution in [3.8, 4) is 11.4 Å². The maximum absolute atomic E-state index is 13.6. The Kier molecular flexibility index (Phi) is 4.89. The zero-order chi connectivity index (χ0) is 25.5. The topological polar surface area (TPSA) is 90.7 Å². The molecule has 8 nitrogen and oxygen atoms in total. The van der Waals surface area contributed by atoms with Crippen molar-refractivity contribution in [3.05, 3.63) is 52.3 Å². The van der Waals surface area contributed by atoms with Crippen molar-refractivity contribution in [2.45, 2.75) is 43.2 Å². The Hall–Kier alpha value is -3.36. The number of pyridine rings is 1. The third-order valence-electron chi connectivity index (χ3n) is 5.69. The molecule has 0 N–H and O–H groups in total. The molecule has 0 aliphatic heterocycles.